The van der Waals surface area contributed by atoms with E-state index >= 15 is 0 Å². The average molecular weight is 207 g/mol. The van der Waals surface area contributed by atoms with Gasteiger partial charge in [0.1, 0.15) is 0 Å². The third kappa shape index (κ3) is 1.47. The third-order valence-electron chi connectivity index (χ3n) is 2.44. The first-order valence-corrected chi connectivity index (χ1v) is 4.58. The zero-order valence-corrected chi connectivity index (χ0v) is 8.64. The summed E-state index contributed by atoms with van der Waals surface area (Å²) in [5.74, 6) is 0. The number of hydrogen-bond donors (Lipinski definition) is 1. The van der Waals surface area contributed by atoms with Gasteiger partial charge >= 0.3 is 6.75 Å². The maximum atomic E-state index is 5.56. The minimum Gasteiger partial charge on any atom is -0.639 e. The van der Waals surface area contributed by atoms with Crippen molar-refractivity contribution in [2.75, 3.05) is 14.2 Å². The summed E-state index contributed by atoms with van der Waals surface area (Å²) < 4.78 is 15.9. The van der Waals surface area contributed by atoms with Gasteiger partial charge in [0.05, 0.1) is 0 Å². The molecule has 0 unspecified atom stereocenters. The molecule has 0 aromatic heterocycles. The predicted molar refractivity (Wildman–Crippen MR) is 58.2 cm³/mol. The second kappa shape index (κ2) is 3.56. The Morgan fingerprint density at radius 3 is 2.60 bits per heavy atom. The summed E-state index contributed by atoms with van der Waals surface area (Å²) in [5.41, 5.74) is 7.03. The summed E-state index contributed by atoms with van der Waals surface area (Å²) in [6.45, 7) is -2.00. The lowest BCUT2D eigenvalue weighted by atomic mass is 9.67. The Bertz CT molecular complexity index is 404. The Kier molecular flexibility index (Phi) is 2.38. The standard InChI is InChI=1S/C9H12BN2O3/c1-13-10(14-2)7-5-3-4-6-8(7)12-9(11)15-10/h3-6H,1-2H3,(H2,11,12)/q-1. The van der Waals surface area contributed by atoms with Gasteiger partial charge in [-0.3, -0.25) is 0 Å². The Hall–Kier alpha value is -1.53. The normalized spacial score (nSPS) is 17.6. The molecule has 1 aromatic carbocycles. The maximum Gasteiger partial charge on any atom is 0.469 e. The number of amidine groups is 1. The van der Waals surface area contributed by atoms with E-state index < -0.39 is 6.75 Å². The Morgan fingerprint density at radius 1 is 1.27 bits per heavy atom. The Balaban J connectivity index is 2.59. The van der Waals surface area contributed by atoms with Crippen LogP contribution in [0.2, 0.25) is 0 Å². The van der Waals surface area contributed by atoms with E-state index in [0.29, 0.717) is 5.69 Å². The molecule has 0 aliphatic carbocycles. The maximum absolute atomic E-state index is 5.56. The number of rotatable bonds is 2. The van der Waals surface area contributed by atoms with E-state index in [2.05, 4.69) is 4.99 Å². The van der Waals surface area contributed by atoms with Gasteiger partial charge in [0.25, 0.3) is 0 Å². The first-order valence-electron chi connectivity index (χ1n) is 4.58. The molecule has 0 saturated carbocycles. The fourth-order valence-electron chi connectivity index (χ4n) is 1.70. The summed E-state index contributed by atoms with van der Waals surface area (Å²) in [4.78, 5) is 4.06. The second-order valence-corrected chi connectivity index (χ2v) is 3.24. The van der Waals surface area contributed by atoms with Crippen LogP contribution in [0.5, 0.6) is 0 Å². The number of nitrogens with two attached hydrogens (primary N) is 1. The van der Waals surface area contributed by atoms with Crippen molar-refractivity contribution in [3.63, 3.8) is 0 Å². The van der Waals surface area contributed by atoms with Crippen LogP contribution in [0.3, 0.4) is 0 Å². The largest absolute Gasteiger partial charge is 0.639 e. The molecule has 80 valence electrons. The van der Waals surface area contributed by atoms with E-state index in [-0.39, 0.29) is 6.02 Å². The van der Waals surface area contributed by atoms with Crippen molar-refractivity contribution in [1.82, 2.24) is 0 Å². The molecule has 6 heteroatoms. The summed E-state index contributed by atoms with van der Waals surface area (Å²) in [7, 11) is 3.03. The smallest absolute Gasteiger partial charge is 0.469 e. The molecule has 0 radical (unpaired) electrons. The quantitative estimate of drug-likeness (QED) is 0.698. The predicted octanol–water partition coefficient (Wildman–Crippen LogP) is 0.102. The highest BCUT2D eigenvalue weighted by atomic mass is 16.8. The molecule has 1 aliphatic rings. The minimum absolute atomic E-state index is 0.0531. The summed E-state index contributed by atoms with van der Waals surface area (Å²) in [6, 6.07) is 7.47. The van der Waals surface area contributed by atoms with Crippen molar-refractivity contribution in [1.29, 1.82) is 0 Å². The van der Waals surface area contributed by atoms with Gasteiger partial charge in [-0.05, 0) is 20.3 Å². The number of para-hydroxylation sites is 1. The molecule has 2 rings (SSSR count). The van der Waals surface area contributed by atoms with Crippen molar-refractivity contribution in [3.8, 4) is 0 Å². The molecule has 1 heterocycles. The van der Waals surface area contributed by atoms with Crippen LogP contribution >= 0.6 is 0 Å². The molecular weight excluding hydrogens is 195 g/mol. The topological polar surface area (TPSA) is 66.1 Å². The number of hydrogen-bond acceptors (Lipinski definition) is 5. The highest BCUT2D eigenvalue weighted by Gasteiger charge is 2.36. The van der Waals surface area contributed by atoms with Gasteiger partial charge in [0.2, 0.25) is 6.02 Å². The van der Waals surface area contributed by atoms with E-state index in [1.165, 1.54) is 14.2 Å². The molecule has 2 N–H and O–H groups in total. The van der Waals surface area contributed by atoms with Crippen LogP contribution in [0.1, 0.15) is 0 Å². The monoisotopic (exact) mass is 207 g/mol. The minimum atomic E-state index is -2.00. The summed E-state index contributed by atoms with van der Waals surface area (Å²) in [6.07, 6.45) is 0. The van der Waals surface area contributed by atoms with Gasteiger partial charge in [-0.1, -0.05) is 23.7 Å². The zero-order chi connectivity index (χ0) is 10.9. The molecule has 0 atom stereocenters. The molecule has 5 nitrogen and oxygen atoms in total. The first kappa shape index (κ1) is 10.0. The number of benzene rings is 1. The van der Waals surface area contributed by atoms with Crippen LogP contribution < -0.4 is 11.2 Å². The summed E-state index contributed by atoms with van der Waals surface area (Å²) in [5, 5.41) is 0. The van der Waals surface area contributed by atoms with Crippen molar-refractivity contribution in [2.24, 2.45) is 10.7 Å². The lowest BCUT2D eigenvalue weighted by molar-refractivity contribution is 0.171. The van der Waals surface area contributed by atoms with E-state index in [4.69, 9.17) is 19.7 Å². The van der Waals surface area contributed by atoms with Crippen LogP contribution in [-0.2, 0) is 14.0 Å². The molecular formula is C9H12BN2O3-. The Morgan fingerprint density at radius 2 is 1.93 bits per heavy atom. The van der Waals surface area contributed by atoms with Crippen molar-refractivity contribution < 1.29 is 14.0 Å². The SMILES string of the molecule is CO[B-]1(OC)OC(N)=Nc2ccccc21. The molecule has 15 heavy (non-hydrogen) atoms. The lowest BCUT2D eigenvalue weighted by Crippen LogP contribution is -2.59. The van der Waals surface area contributed by atoms with Crippen molar-refractivity contribution >= 4 is 23.9 Å². The number of aliphatic imine (C=N–C) groups is 1. The van der Waals surface area contributed by atoms with E-state index in [0.717, 1.165) is 5.46 Å². The van der Waals surface area contributed by atoms with Gasteiger partial charge in [0.15, 0.2) is 0 Å². The van der Waals surface area contributed by atoms with Crippen LogP contribution in [0.4, 0.5) is 5.69 Å². The molecule has 0 bridgehead atoms. The average Bonchev–Trinajstić information content (AvgIpc) is 2.27. The highest BCUT2D eigenvalue weighted by molar-refractivity contribution is 6.78. The summed E-state index contributed by atoms with van der Waals surface area (Å²) >= 11 is 0. The fourth-order valence-corrected chi connectivity index (χ4v) is 1.70. The number of fused-ring (bicyclic) bond motifs is 1. The van der Waals surface area contributed by atoms with Gasteiger partial charge in [0, 0.05) is 5.69 Å². The van der Waals surface area contributed by atoms with Crippen LogP contribution in [0.25, 0.3) is 0 Å². The van der Waals surface area contributed by atoms with E-state index in [9.17, 15) is 0 Å². The van der Waals surface area contributed by atoms with Crippen LogP contribution in [0.15, 0.2) is 29.3 Å². The fraction of sp³-hybridized carbons (Fsp3) is 0.222. The van der Waals surface area contributed by atoms with Crippen molar-refractivity contribution in [2.45, 2.75) is 0 Å². The van der Waals surface area contributed by atoms with Crippen LogP contribution in [0, 0.1) is 0 Å². The molecule has 0 saturated heterocycles. The van der Waals surface area contributed by atoms with Gasteiger partial charge in [-0.15, -0.1) is 0 Å². The van der Waals surface area contributed by atoms with Crippen LogP contribution in [-0.4, -0.2) is 27.0 Å². The third-order valence-corrected chi connectivity index (χ3v) is 2.44. The molecule has 0 fully saturated rings. The van der Waals surface area contributed by atoms with Gasteiger partial charge < -0.3 is 19.7 Å². The van der Waals surface area contributed by atoms with Crippen molar-refractivity contribution in [3.05, 3.63) is 24.3 Å². The lowest BCUT2D eigenvalue weighted by Gasteiger charge is -2.42. The Labute approximate surface area is 87.9 Å². The number of nitrogens with zero attached hydrogens (tertiary/aromatic N) is 1. The molecule has 0 spiro atoms. The van der Waals surface area contributed by atoms with Gasteiger partial charge in [-0.25, -0.2) is 4.99 Å². The van der Waals surface area contributed by atoms with E-state index in [1.54, 1.807) is 0 Å². The second-order valence-electron chi connectivity index (χ2n) is 3.24. The highest BCUT2D eigenvalue weighted by Crippen LogP contribution is 2.21. The zero-order valence-electron chi connectivity index (χ0n) is 8.64. The first-order chi connectivity index (χ1) is 7.22. The van der Waals surface area contributed by atoms with Gasteiger partial charge in [-0.2, -0.15) is 0 Å². The van der Waals surface area contributed by atoms with E-state index in [1.807, 2.05) is 24.3 Å². The molecule has 0 amide bonds. The molecule has 1 aromatic rings. The molecule has 1 aliphatic heterocycles.